The zero-order chi connectivity index (χ0) is 12.0. The number of benzene rings is 1. The van der Waals surface area contributed by atoms with Crippen LogP contribution in [0.4, 0.5) is 0 Å². The molecule has 0 fully saturated rings. The van der Waals surface area contributed by atoms with Crippen molar-refractivity contribution in [2.75, 3.05) is 0 Å². The van der Waals surface area contributed by atoms with Crippen molar-refractivity contribution in [3.8, 4) is 5.75 Å². The lowest BCUT2D eigenvalue weighted by Gasteiger charge is -2.23. The first-order valence-electron chi connectivity index (χ1n) is 6.48. The minimum atomic E-state index is 0.359. The van der Waals surface area contributed by atoms with Crippen molar-refractivity contribution in [3.63, 3.8) is 0 Å². The number of unbranched alkanes of at least 4 members (excludes halogenated alkanes) is 1. The van der Waals surface area contributed by atoms with E-state index in [9.17, 15) is 5.11 Å². The van der Waals surface area contributed by atoms with Gasteiger partial charge in [-0.05, 0) is 36.0 Å². The Balaban J connectivity index is 2.66. The van der Waals surface area contributed by atoms with Gasteiger partial charge in [-0.1, -0.05) is 52.2 Å². The van der Waals surface area contributed by atoms with Crippen molar-refractivity contribution in [1.82, 2.24) is 0 Å². The van der Waals surface area contributed by atoms with E-state index in [4.69, 9.17) is 0 Å². The molecule has 0 saturated carbocycles. The molecule has 2 atom stereocenters. The minimum absolute atomic E-state index is 0.359. The van der Waals surface area contributed by atoms with Gasteiger partial charge in [0.2, 0.25) is 0 Å². The second kappa shape index (κ2) is 6.57. The zero-order valence-corrected chi connectivity index (χ0v) is 10.7. The van der Waals surface area contributed by atoms with Gasteiger partial charge in [-0.3, -0.25) is 0 Å². The molecule has 0 aliphatic rings. The Morgan fingerprint density at radius 2 is 1.75 bits per heavy atom. The highest BCUT2D eigenvalue weighted by Gasteiger charge is 2.16. The van der Waals surface area contributed by atoms with Crippen LogP contribution in [0.1, 0.15) is 57.9 Å². The van der Waals surface area contributed by atoms with E-state index in [0.29, 0.717) is 11.7 Å². The van der Waals surface area contributed by atoms with Gasteiger partial charge < -0.3 is 5.11 Å². The lowest BCUT2D eigenvalue weighted by atomic mass is 9.82. The Kier molecular flexibility index (Phi) is 5.37. The summed E-state index contributed by atoms with van der Waals surface area (Å²) in [5.74, 6) is 1.72. The predicted molar refractivity (Wildman–Crippen MR) is 69.8 cm³/mol. The molecule has 0 unspecified atom stereocenters. The highest BCUT2D eigenvalue weighted by atomic mass is 16.3. The summed E-state index contributed by atoms with van der Waals surface area (Å²) in [4.78, 5) is 0. The van der Waals surface area contributed by atoms with Crippen LogP contribution in [0.15, 0.2) is 24.3 Å². The van der Waals surface area contributed by atoms with E-state index in [1.165, 1.54) is 31.2 Å². The minimum Gasteiger partial charge on any atom is -0.508 e. The number of rotatable bonds is 6. The molecule has 1 N–H and O–H groups in total. The summed E-state index contributed by atoms with van der Waals surface area (Å²) in [5.41, 5.74) is 1.35. The third kappa shape index (κ3) is 3.55. The molecule has 0 heterocycles. The molecule has 0 aromatic heterocycles. The standard InChI is InChI=1S/C15H24O/c1-4-6-7-13(5-2)12(3)14-8-10-15(16)11-9-14/h8-13,16H,4-7H2,1-3H3/t12-,13-/m0/s1. The third-order valence-corrected chi connectivity index (χ3v) is 3.58. The molecular weight excluding hydrogens is 196 g/mol. The fourth-order valence-corrected chi connectivity index (χ4v) is 2.32. The van der Waals surface area contributed by atoms with Gasteiger partial charge in [-0.15, -0.1) is 0 Å². The normalized spacial score (nSPS) is 14.7. The first-order chi connectivity index (χ1) is 7.69. The van der Waals surface area contributed by atoms with Crippen LogP contribution in [-0.4, -0.2) is 5.11 Å². The molecule has 0 aliphatic heterocycles. The summed E-state index contributed by atoms with van der Waals surface area (Å²) in [6.45, 7) is 6.82. The van der Waals surface area contributed by atoms with Crippen LogP contribution in [0.5, 0.6) is 5.75 Å². The lowest BCUT2D eigenvalue weighted by molar-refractivity contribution is 0.389. The molecule has 0 bridgehead atoms. The molecule has 1 rings (SSSR count). The summed E-state index contributed by atoms with van der Waals surface area (Å²) in [5, 5.41) is 9.28. The van der Waals surface area contributed by atoms with E-state index in [1.807, 2.05) is 0 Å². The number of hydrogen-bond acceptors (Lipinski definition) is 1. The van der Waals surface area contributed by atoms with Crippen molar-refractivity contribution in [2.45, 2.75) is 52.4 Å². The highest BCUT2D eigenvalue weighted by molar-refractivity contribution is 5.28. The number of aromatic hydroxyl groups is 1. The SMILES string of the molecule is CCCC[C@H](CC)[C@H](C)c1ccc(O)cc1. The average molecular weight is 220 g/mol. The van der Waals surface area contributed by atoms with Crippen LogP contribution >= 0.6 is 0 Å². The van der Waals surface area contributed by atoms with Gasteiger partial charge in [0.1, 0.15) is 5.75 Å². The first kappa shape index (κ1) is 13.1. The second-order valence-corrected chi connectivity index (χ2v) is 4.69. The molecule has 0 radical (unpaired) electrons. The smallest absolute Gasteiger partial charge is 0.115 e. The molecule has 0 saturated heterocycles. The van der Waals surface area contributed by atoms with Gasteiger partial charge in [-0.25, -0.2) is 0 Å². The van der Waals surface area contributed by atoms with Gasteiger partial charge in [0.15, 0.2) is 0 Å². The van der Waals surface area contributed by atoms with Crippen molar-refractivity contribution < 1.29 is 5.11 Å². The van der Waals surface area contributed by atoms with Gasteiger partial charge in [0.05, 0.1) is 0 Å². The van der Waals surface area contributed by atoms with E-state index in [-0.39, 0.29) is 0 Å². The van der Waals surface area contributed by atoms with Crippen molar-refractivity contribution >= 4 is 0 Å². The quantitative estimate of drug-likeness (QED) is 0.736. The van der Waals surface area contributed by atoms with Crippen LogP contribution in [0.3, 0.4) is 0 Å². The summed E-state index contributed by atoms with van der Waals surface area (Å²) < 4.78 is 0. The van der Waals surface area contributed by atoms with Crippen LogP contribution < -0.4 is 0 Å². The topological polar surface area (TPSA) is 20.2 Å². The molecule has 1 heteroatoms. The van der Waals surface area contributed by atoms with Gasteiger partial charge in [0, 0.05) is 0 Å². The molecule has 16 heavy (non-hydrogen) atoms. The van der Waals surface area contributed by atoms with E-state index in [1.54, 1.807) is 12.1 Å². The highest BCUT2D eigenvalue weighted by Crippen LogP contribution is 2.31. The maximum atomic E-state index is 9.28. The molecule has 0 spiro atoms. The molecule has 1 aromatic carbocycles. The van der Waals surface area contributed by atoms with Gasteiger partial charge >= 0.3 is 0 Å². The van der Waals surface area contributed by atoms with Crippen LogP contribution in [0, 0.1) is 5.92 Å². The largest absolute Gasteiger partial charge is 0.508 e. The van der Waals surface area contributed by atoms with Crippen LogP contribution in [0.25, 0.3) is 0 Å². The Hall–Kier alpha value is -0.980. The van der Waals surface area contributed by atoms with Crippen molar-refractivity contribution in [3.05, 3.63) is 29.8 Å². The summed E-state index contributed by atoms with van der Waals surface area (Å²) in [6, 6.07) is 7.68. The molecule has 0 aliphatic carbocycles. The summed E-state index contributed by atoms with van der Waals surface area (Å²) in [7, 11) is 0. The van der Waals surface area contributed by atoms with E-state index >= 15 is 0 Å². The molecular formula is C15H24O. The Morgan fingerprint density at radius 3 is 2.25 bits per heavy atom. The van der Waals surface area contributed by atoms with Gasteiger partial charge in [0.25, 0.3) is 0 Å². The zero-order valence-electron chi connectivity index (χ0n) is 10.7. The van der Waals surface area contributed by atoms with Crippen LogP contribution in [0.2, 0.25) is 0 Å². The third-order valence-electron chi connectivity index (χ3n) is 3.58. The van der Waals surface area contributed by atoms with E-state index < -0.39 is 0 Å². The van der Waals surface area contributed by atoms with E-state index in [0.717, 1.165) is 5.92 Å². The fraction of sp³-hybridized carbons (Fsp3) is 0.600. The molecule has 1 aromatic rings. The van der Waals surface area contributed by atoms with Crippen LogP contribution in [-0.2, 0) is 0 Å². The number of phenolic OH excluding ortho intramolecular Hbond substituents is 1. The lowest BCUT2D eigenvalue weighted by Crippen LogP contribution is -2.09. The monoisotopic (exact) mass is 220 g/mol. The second-order valence-electron chi connectivity index (χ2n) is 4.69. The molecule has 1 nitrogen and oxygen atoms in total. The average Bonchev–Trinajstić information content (AvgIpc) is 2.30. The Morgan fingerprint density at radius 1 is 1.12 bits per heavy atom. The molecule has 90 valence electrons. The number of phenols is 1. The Bertz CT molecular complexity index is 289. The molecule has 0 amide bonds. The number of hydrogen-bond donors (Lipinski definition) is 1. The van der Waals surface area contributed by atoms with Gasteiger partial charge in [-0.2, -0.15) is 0 Å². The maximum absolute atomic E-state index is 9.28. The maximum Gasteiger partial charge on any atom is 0.115 e. The Labute approximate surface area is 99.5 Å². The fourth-order valence-electron chi connectivity index (χ4n) is 2.32. The first-order valence-corrected chi connectivity index (χ1v) is 6.48. The van der Waals surface area contributed by atoms with Crippen molar-refractivity contribution in [2.24, 2.45) is 5.92 Å². The van der Waals surface area contributed by atoms with E-state index in [2.05, 4.69) is 32.9 Å². The predicted octanol–water partition coefficient (Wildman–Crippen LogP) is 4.71. The summed E-state index contributed by atoms with van der Waals surface area (Å²) >= 11 is 0. The summed E-state index contributed by atoms with van der Waals surface area (Å²) in [6.07, 6.45) is 5.15. The van der Waals surface area contributed by atoms with Crippen molar-refractivity contribution in [1.29, 1.82) is 0 Å².